The van der Waals surface area contributed by atoms with Crippen LogP contribution in [0, 0.1) is 0 Å². The van der Waals surface area contributed by atoms with Gasteiger partial charge in [0.25, 0.3) is 11.8 Å². The average molecular weight is 371 g/mol. The SMILES string of the molecule is CC(=O)Oc1cc(C(=O)N2CCN(c3ccccc3C(C)(C)C)CC2)on1. The van der Waals surface area contributed by atoms with Gasteiger partial charge in [-0.15, -0.1) is 0 Å². The number of nitrogens with zero attached hydrogens (tertiary/aromatic N) is 3. The number of para-hydroxylation sites is 1. The molecule has 0 saturated carbocycles. The summed E-state index contributed by atoms with van der Waals surface area (Å²) in [4.78, 5) is 27.6. The molecule has 2 aromatic rings. The molecule has 1 aromatic carbocycles. The maximum absolute atomic E-state index is 12.6. The van der Waals surface area contributed by atoms with E-state index in [2.05, 4.69) is 49.0 Å². The number of anilines is 1. The normalized spacial score (nSPS) is 15.0. The Morgan fingerprint density at radius 1 is 1.11 bits per heavy atom. The number of benzene rings is 1. The highest BCUT2D eigenvalue weighted by atomic mass is 16.6. The van der Waals surface area contributed by atoms with Crippen molar-refractivity contribution < 1.29 is 18.8 Å². The molecule has 27 heavy (non-hydrogen) atoms. The van der Waals surface area contributed by atoms with Crippen LogP contribution < -0.4 is 9.64 Å². The summed E-state index contributed by atoms with van der Waals surface area (Å²) in [6.45, 7) is 10.5. The molecule has 2 heterocycles. The number of carbonyl (C=O) groups is 2. The first-order valence-corrected chi connectivity index (χ1v) is 9.04. The Labute approximate surface area is 158 Å². The van der Waals surface area contributed by atoms with Crippen LogP contribution in [0.5, 0.6) is 5.88 Å². The molecule has 1 aromatic heterocycles. The lowest BCUT2D eigenvalue weighted by atomic mass is 9.85. The average Bonchev–Trinajstić information content (AvgIpc) is 3.08. The van der Waals surface area contributed by atoms with E-state index in [0.717, 1.165) is 13.1 Å². The number of rotatable bonds is 3. The van der Waals surface area contributed by atoms with Crippen LogP contribution in [0.3, 0.4) is 0 Å². The number of ether oxygens (including phenoxy) is 1. The number of hydrogen-bond donors (Lipinski definition) is 0. The smallest absolute Gasteiger partial charge is 0.309 e. The zero-order chi connectivity index (χ0) is 19.6. The highest BCUT2D eigenvalue weighted by Crippen LogP contribution is 2.32. The van der Waals surface area contributed by atoms with Gasteiger partial charge in [-0.1, -0.05) is 39.0 Å². The van der Waals surface area contributed by atoms with Gasteiger partial charge in [-0.2, -0.15) is 0 Å². The Balaban J connectivity index is 1.66. The van der Waals surface area contributed by atoms with Crippen LogP contribution >= 0.6 is 0 Å². The molecule has 0 radical (unpaired) electrons. The summed E-state index contributed by atoms with van der Waals surface area (Å²) in [5.74, 6) is -0.670. The second-order valence-corrected chi connectivity index (χ2v) is 7.67. The Bertz CT molecular complexity index is 830. The van der Waals surface area contributed by atoms with Gasteiger partial charge >= 0.3 is 5.97 Å². The zero-order valence-corrected chi connectivity index (χ0v) is 16.2. The van der Waals surface area contributed by atoms with Crippen molar-refractivity contribution >= 4 is 17.6 Å². The quantitative estimate of drug-likeness (QED) is 0.772. The summed E-state index contributed by atoms with van der Waals surface area (Å²) in [5.41, 5.74) is 2.57. The highest BCUT2D eigenvalue weighted by molar-refractivity contribution is 5.92. The second-order valence-electron chi connectivity index (χ2n) is 7.67. The van der Waals surface area contributed by atoms with Gasteiger partial charge < -0.3 is 19.1 Å². The van der Waals surface area contributed by atoms with Gasteiger partial charge in [-0.05, 0) is 22.2 Å². The third-order valence-electron chi connectivity index (χ3n) is 4.57. The molecule has 1 saturated heterocycles. The van der Waals surface area contributed by atoms with Crippen molar-refractivity contribution in [2.75, 3.05) is 31.1 Å². The number of carbonyl (C=O) groups excluding carboxylic acids is 2. The van der Waals surface area contributed by atoms with Gasteiger partial charge in [0.05, 0.1) is 6.07 Å². The lowest BCUT2D eigenvalue weighted by Gasteiger charge is -2.38. The van der Waals surface area contributed by atoms with Crippen LogP contribution in [0.15, 0.2) is 34.9 Å². The minimum Gasteiger partial charge on any atom is -0.404 e. The van der Waals surface area contributed by atoms with E-state index in [1.165, 1.54) is 24.2 Å². The molecule has 3 rings (SSSR count). The van der Waals surface area contributed by atoms with E-state index in [4.69, 9.17) is 9.26 Å². The summed E-state index contributed by atoms with van der Waals surface area (Å²) < 4.78 is 9.85. The molecule has 144 valence electrons. The zero-order valence-electron chi connectivity index (χ0n) is 16.2. The van der Waals surface area contributed by atoms with Crippen LogP contribution in [0.1, 0.15) is 43.8 Å². The molecular weight excluding hydrogens is 346 g/mol. The molecule has 1 fully saturated rings. The predicted molar refractivity (Wildman–Crippen MR) is 101 cm³/mol. The molecule has 7 heteroatoms. The lowest BCUT2D eigenvalue weighted by Crippen LogP contribution is -2.49. The van der Waals surface area contributed by atoms with Crippen LogP contribution in [0.25, 0.3) is 0 Å². The maximum Gasteiger partial charge on any atom is 0.309 e. The highest BCUT2D eigenvalue weighted by Gasteiger charge is 2.28. The fourth-order valence-corrected chi connectivity index (χ4v) is 3.25. The number of hydrogen-bond acceptors (Lipinski definition) is 6. The van der Waals surface area contributed by atoms with Crippen molar-refractivity contribution in [2.24, 2.45) is 0 Å². The van der Waals surface area contributed by atoms with Gasteiger partial charge in [0, 0.05) is 38.8 Å². The standard InChI is InChI=1S/C20H25N3O4/c1-14(24)26-18-13-17(27-21-18)19(25)23-11-9-22(10-12-23)16-8-6-5-7-15(16)20(2,3)4/h5-8,13H,9-12H2,1-4H3. The van der Waals surface area contributed by atoms with Gasteiger partial charge in [-0.25, -0.2) is 0 Å². The van der Waals surface area contributed by atoms with Crippen molar-refractivity contribution in [3.63, 3.8) is 0 Å². The van der Waals surface area contributed by atoms with Crippen molar-refractivity contribution in [1.29, 1.82) is 0 Å². The lowest BCUT2D eigenvalue weighted by molar-refractivity contribution is -0.132. The van der Waals surface area contributed by atoms with Crippen molar-refractivity contribution in [3.05, 3.63) is 41.7 Å². The van der Waals surface area contributed by atoms with E-state index in [9.17, 15) is 9.59 Å². The molecule has 0 bridgehead atoms. The Kier molecular flexibility index (Phi) is 5.21. The summed E-state index contributed by atoms with van der Waals surface area (Å²) >= 11 is 0. The number of piperazine rings is 1. The molecule has 0 spiro atoms. The molecule has 0 unspecified atom stereocenters. The third-order valence-corrected chi connectivity index (χ3v) is 4.57. The molecule has 1 aliphatic heterocycles. The topological polar surface area (TPSA) is 75.9 Å². The summed E-state index contributed by atoms with van der Waals surface area (Å²) in [7, 11) is 0. The van der Waals surface area contributed by atoms with Gasteiger partial charge in [0.1, 0.15) is 0 Å². The van der Waals surface area contributed by atoms with Crippen molar-refractivity contribution in [1.82, 2.24) is 10.1 Å². The fourth-order valence-electron chi connectivity index (χ4n) is 3.25. The van der Waals surface area contributed by atoms with Crippen LogP contribution in [-0.4, -0.2) is 48.1 Å². The van der Waals surface area contributed by atoms with E-state index >= 15 is 0 Å². The van der Waals surface area contributed by atoms with Gasteiger partial charge in [0.15, 0.2) is 0 Å². The van der Waals surface area contributed by atoms with E-state index in [1.807, 2.05) is 6.07 Å². The molecule has 1 aliphatic rings. The molecule has 7 nitrogen and oxygen atoms in total. The summed E-state index contributed by atoms with van der Waals surface area (Å²) in [5, 5.41) is 3.60. The Morgan fingerprint density at radius 3 is 2.41 bits per heavy atom. The van der Waals surface area contributed by atoms with Crippen molar-refractivity contribution in [2.45, 2.75) is 33.1 Å². The number of amides is 1. The van der Waals surface area contributed by atoms with Crippen molar-refractivity contribution in [3.8, 4) is 5.88 Å². The number of aromatic nitrogens is 1. The van der Waals surface area contributed by atoms with Gasteiger partial charge in [0.2, 0.25) is 5.76 Å². The monoisotopic (exact) mass is 371 g/mol. The molecular formula is C20H25N3O4. The van der Waals surface area contributed by atoms with Crippen LogP contribution in [0.4, 0.5) is 5.69 Å². The van der Waals surface area contributed by atoms with E-state index in [0.29, 0.717) is 13.1 Å². The molecule has 0 aliphatic carbocycles. The Morgan fingerprint density at radius 2 is 1.78 bits per heavy atom. The van der Waals surface area contributed by atoms with E-state index in [1.54, 1.807) is 4.90 Å². The molecule has 0 N–H and O–H groups in total. The first-order valence-electron chi connectivity index (χ1n) is 9.04. The van der Waals surface area contributed by atoms with E-state index in [-0.39, 0.29) is 23.0 Å². The van der Waals surface area contributed by atoms with Crippen LogP contribution in [0.2, 0.25) is 0 Å². The minimum absolute atomic E-state index is 0.00332. The maximum atomic E-state index is 12.6. The molecule has 0 atom stereocenters. The van der Waals surface area contributed by atoms with Crippen LogP contribution in [-0.2, 0) is 10.2 Å². The predicted octanol–water partition coefficient (Wildman–Crippen LogP) is 2.86. The number of esters is 1. The summed E-state index contributed by atoms with van der Waals surface area (Å²) in [6, 6.07) is 9.77. The first kappa shape index (κ1) is 18.9. The Hall–Kier alpha value is -2.83. The largest absolute Gasteiger partial charge is 0.404 e. The van der Waals surface area contributed by atoms with E-state index < -0.39 is 5.97 Å². The third kappa shape index (κ3) is 4.30. The second kappa shape index (κ2) is 7.42. The van der Waals surface area contributed by atoms with Gasteiger partial charge in [-0.3, -0.25) is 9.59 Å². The minimum atomic E-state index is -0.506. The first-order chi connectivity index (χ1) is 12.8. The molecule has 1 amide bonds. The summed E-state index contributed by atoms with van der Waals surface area (Å²) in [6.07, 6.45) is 0. The fraction of sp³-hybridized carbons (Fsp3) is 0.450.